The second-order valence-corrected chi connectivity index (χ2v) is 4.37. The Balaban J connectivity index is 2.45. The number of benzene rings is 2. The maximum absolute atomic E-state index is 13.7. The predicted molar refractivity (Wildman–Crippen MR) is 58.6 cm³/mol. The van der Waals surface area contributed by atoms with Gasteiger partial charge in [-0.3, -0.25) is 0 Å². The van der Waals surface area contributed by atoms with E-state index in [-0.39, 0.29) is 10.8 Å². The van der Waals surface area contributed by atoms with Crippen molar-refractivity contribution in [3.05, 3.63) is 46.7 Å². The molecule has 0 bridgehead atoms. The highest BCUT2D eigenvalue weighted by atomic mass is 19.3. The summed E-state index contributed by atoms with van der Waals surface area (Å²) in [7, 11) is 0. The van der Waals surface area contributed by atoms with E-state index in [1.54, 1.807) is 0 Å². The molecule has 1 aliphatic heterocycles. The van der Waals surface area contributed by atoms with E-state index in [0.29, 0.717) is 6.07 Å². The summed E-state index contributed by atoms with van der Waals surface area (Å²) in [5, 5.41) is 18.0. The molecule has 1 heterocycles. The fourth-order valence-corrected chi connectivity index (χ4v) is 2.29. The molecule has 2 N–H and O–H groups in total. The number of ether oxygens (including phenoxy) is 1. The van der Waals surface area contributed by atoms with E-state index in [1.807, 2.05) is 0 Å². The molecule has 0 spiro atoms. The van der Waals surface area contributed by atoms with Crippen molar-refractivity contribution in [2.75, 3.05) is 0 Å². The molecule has 3 rings (SSSR count). The molecule has 1 atom stereocenters. The van der Waals surface area contributed by atoms with E-state index >= 15 is 0 Å². The minimum atomic E-state index is -4.26. The van der Waals surface area contributed by atoms with Crippen LogP contribution < -0.4 is 5.23 Å². The quantitative estimate of drug-likeness (QED) is 0.626. The second kappa shape index (κ2) is 3.89. The van der Waals surface area contributed by atoms with Crippen LogP contribution in [-0.4, -0.2) is 5.21 Å². The molecule has 0 radical (unpaired) electrons. The van der Waals surface area contributed by atoms with Crippen molar-refractivity contribution in [2.45, 2.75) is 12.2 Å². The van der Waals surface area contributed by atoms with Crippen LogP contribution in [-0.2, 0) is 17.0 Å². The van der Waals surface area contributed by atoms with E-state index in [2.05, 4.69) is 4.74 Å². The van der Waals surface area contributed by atoms with Gasteiger partial charge in [0.1, 0.15) is 0 Å². The van der Waals surface area contributed by atoms with Crippen LogP contribution in [0.4, 0.5) is 23.2 Å². The van der Waals surface area contributed by atoms with Crippen molar-refractivity contribution in [3.8, 4) is 0 Å². The van der Waals surface area contributed by atoms with Gasteiger partial charge in [-0.15, -0.1) is 0 Å². The zero-order valence-corrected chi connectivity index (χ0v) is 9.66. The Labute approximate surface area is 109 Å². The van der Waals surface area contributed by atoms with Crippen LogP contribution in [0.5, 0.6) is 0 Å². The van der Waals surface area contributed by atoms with Crippen molar-refractivity contribution in [1.29, 1.82) is 0 Å². The SMILES string of the molecule is [O-][NH+](O)c1cc2c3c(cccc3c1)C(F)(F)OC2(F)F. The van der Waals surface area contributed by atoms with Crippen LogP contribution >= 0.6 is 0 Å². The predicted octanol–water partition coefficient (Wildman–Crippen LogP) is 2.37. The highest BCUT2D eigenvalue weighted by molar-refractivity contribution is 5.92. The number of alkyl halides is 4. The van der Waals surface area contributed by atoms with Gasteiger partial charge >= 0.3 is 12.2 Å². The largest absolute Gasteiger partial charge is 0.595 e. The lowest BCUT2D eigenvalue weighted by atomic mass is 9.95. The molecule has 2 aromatic carbocycles. The summed E-state index contributed by atoms with van der Waals surface area (Å²) >= 11 is 0. The molecule has 1 unspecified atom stereocenters. The zero-order valence-electron chi connectivity index (χ0n) is 9.66. The maximum atomic E-state index is 13.7. The Hall–Kier alpha value is -1.74. The van der Waals surface area contributed by atoms with Gasteiger partial charge in [0.25, 0.3) is 0 Å². The van der Waals surface area contributed by atoms with Crippen molar-refractivity contribution in [1.82, 2.24) is 0 Å². The average molecular weight is 289 g/mol. The molecule has 0 saturated carbocycles. The van der Waals surface area contributed by atoms with Gasteiger partial charge in [0, 0.05) is 17.5 Å². The number of halogens is 4. The lowest BCUT2D eigenvalue weighted by molar-refractivity contribution is -0.991. The summed E-state index contributed by atoms with van der Waals surface area (Å²) in [6, 6.07) is 5.23. The molecule has 20 heavy (non-hydrogen) atoms. The summed E-state index contributed by atoms with van der Waals surface area (Å²) in [6.07, 6.45) is -8.40. The van der Waals surface area contributed by atoms with Gasteiger partial charge in [-0.25, -0.2) is 9.94 Å². The van der Waals surface area contributed by atoms with Gasteiger partial charge < -0.3 is 5.21 Å². The molecule has 0 fully saturated rings. The molecule has 2 aromatic rings. The fraction of sp³-hybridized carbons (Fsp3) is 0.167. The molecule has 0 aromatic heterocycles. The van der Waals surface area contributed by atoms with Crippen LogP contribution in [0.15, 0.2) is 30.3 Å². The van der Waals surface area contributed by atoms with Gasteiger partial charge in [0.05, 0.1) is 11.1 Å². The second-order valence-electron chi connectivity index (χ2n) is 4.37. The average Bonchev–Trinajstić information content (AvgIpc) is 2.33. The number of hydrogen-bond donors (Lipinski definition) is 2. The normalized spacial score (nSPS) is 20.9. The number of hydrogen-bond acceptors (Lipinski definition) is 3. The smallest absolute Gasteiger partial charge is 0.388 e. The summed E-state index contributed by atoms with van der Waals surface area (Å²) in [5.74, 6) is 0. The van der Waals surface area contributed by atoms with Crippen LogP contribution in [0.2, 0.25) is 0 Å². The van der Waals surface area contributed by atoms with Crippen LogP contribution in [0, 0.1) is 5.21 Å². The molecule has 0 saturated heterocycles. The number of quaternary nitrogens is 1. The molecule has 4 nitrogen and oxygen atoms in total. The van der Waals surface area contributed by atoms with E-state index in [1.165, 1.54) is 12.1 Å². The van der Waals surface area contributed by atoms with E-state index < -0.39 is 34.3 Å². The summed E-state index contributed by atoms with van der Waals surface area (Å²) in [6.45, 7) is 0. The first kappa shape index (κ1) is 13.3. The summed E-state index contributed by atoms with van der Waals surface area (Å²) in [4.78, 5) is 0. The Kier molecular flexibility index (Phi) is 2.58. The maximum Gasteiger partial charge on any atom is 0.388 e. The molecular formula is C12H7F4NO3. The van der Waals surface area contributed by atoms with Gasteiger partial charge in [0.15, 0.2) is 5.69 Å². The minimum absolute atomic E-state index is 0.0000463. The van der Waals surface area contributed by atoms with Crippen molar-refractivity contribution < 1.29 is 32.7 Å². The number of nitrogens with one attached hydrogen (secondary N) is 1. The number of rotatable bonds is 1. The van der Waals surface area contributed by atoms with Crippen molar-refractivity contribution >= 4 is 16.5 Å². The molecular weight excluding hydrogens is 282 g/mol. The Bertz CT molecular complexity index is 702. The molecule has 1 aliphatic rings. The Morgan fingerprint density at radius 1 is 1.05 bits per heavy atom. The highest BCUT2D eigenvalue weighted by Crippen LogP contribution is 2.50. The van der Waals surface area contributed by atoms with Crippen LogP contribution in [0.3, 0.4) is 0 Å². The molecule has 0 aliphatic carbocycles. The molecule has 0 amide bonds. The summed E-state index contributed by atoms with van der Waals surface area (Å²) < 4.78 is 58.2. The van der Waals surface area contributed by atoms with Crippen molar-refractivity contribution in [3.63, 3.8) is 0 Å². The third-order valence-electron chi connectivity index (χ3n) is 3.11. The van der Waals surface area contributed by atoms with E-state index in [9.17, 15) is 22.8 Å². The summed E-state index contributed by atoms with van der Waals surface area (Å²) in [5.41, 5.74) is -1.99. The Morgan fingerprint density at radius 2 is 1.70 bits per heavy atom. The first-order chi connectivity index (χ1) is 9.22. The van der Waals surface area contributed by atoms with E-state index in [4.69, 9.17) is 5.21 Å². The third kappa shape index (κ3) is 1.77. The van der Waals surface area contributed by atoms with Gasteiger partial charge in [0.2, 0.25) is 0 Å². The third-order valence-corrected chi connectivity index (χ3v) is 3.11. The highest BCUT2D eigenvalue weighted by Gasteiger charge is 2.53. The van der Waals surface area contributed by atoms with Crippen LogP contribution in [0.25, 0.3) is 10.8 Å². The fourth-order valence-electron chi connectivity index (χ4n) is 2.29. The lowest BCUT2D eigenvalue weighted by Crippen LogP contribution is -2.99. The monoisotopic (exact) mass is 289 g/mol. The molecule has 8 heteroatoms. The zero-order chi connectivity index (χ0) is 14.7. The van der Waals surface area contributed by atoms with Crippen LogP contribution in [0.1, 0.15) is 11.1 Å². The standard InChI is InChI=1S/C12H7F4NO3/c13-11(14)8-3-1-2-6-4-7(17(18)19)5-9(10(6)8)12(15,16)20-11/h1-5,17-18H. The minimum Gasteiger partial charge on any atom is -0.595 e. The topological polar surface area (TPSA) is 57.0 Å². The first-order valence-corrected chi connectivity index (χ1v) is 5.49. The molecule has 106 valence electrons. The lowest BCUT2D eigenvalue weighted by Gasteiger charge is -2.31. The van der Waals surface area contributed by atoms with Gasteiger partial charge in [-0.2, -0.15) is 22.8 Å². The van der Waals surface area contributed by atoms with Gasteiger partial charge in [-0.1, -0.05) is 12.1 Å². The van der Waals surface area contributed by atoms with E-state index in [0.717, 1.165) is 12.1 Å². The Morgan fingerprint density at radius 3 is 2.35 bits per heavy atom. The van der Waals surface area contributed by atoms with Gasteiger partial charge in [-0.05, 0) is 11.5 Å². The first-order valence-electron chi connectivity index (χ1n) is 5.49. The van der Waals surface area contributed by atoms with Crippen molar-refractivity contribution in [2.24, 2.45) is 0 Å².